The highest BCUT2D eigenvalue weighted by molar-refractivity contribution is 5.76. The van der Waals surface area contributed by atoms with Crippen molar-refractivity contribution in [2.45, 2.75) is 39.8 Å². The van der Waals surface area contributed by atoms with Crippen molar-refractivity contribution in [2.75, 3.05) is 0 Å². The van der Waals surface area contributed by atoms with Gasteiger partial charge in [-0.1, -0.05) is 38.1 Å². The molecule has 7 heteroatoms. The van der Waals surface area contributed by atoms with E-state index in [4.69, 9.17) is 0 Å². The molecular weight excluding hydrogens is 334 g/mol. The van der Waals surface area contributed by atoms with Crippen molar-refractivity contribution in [1.82, 2.24) is 9.88 Å². The normalized spacial score (nSPS) is 12.0. The van der Waals surface area contributed by atoms with Crippen LogP contribution in [0.1, 0.15) is 37.9 Å². The van der Waals surface area contributed by atoms with Gasteiger partial charge in [-0.05, 0) is 30.4 Å². The van der Waals surface area contributed by atoms with Crippen molar-refractivity contribution in [1.29, 1.82) is 0 Å². The molecule has 1 atom stereocenters. The lowest BCUT2D eigenvalue weighted by molar-refractivity contribution is -0.385. The smallest absolute Gasteiger partial charge is 0.285 e. The minimum Gasteiger partial charge on any atom is -0.348 e. The lowest BCUT2D eigenvalue weighted by Crippen LogP contribution is -2.33. The van der Waals surface area contributed by atoms with Gasteiger partial charge in [0.25, 0.3) is 11.2 Å². The molecule has 138 valence electrons. The summed E-state index contributed by atoms with van der Waals surface area (Å²) in [6.07, 6.45) is 2.07. The summed E-state index contributed by atoms with van der Waals surface area (Å²) in [6.45, 7) is 5.90. The summed E-state index contributed by atoms with van der Waals surface area (Å²) < 4.78 is 1.03. The first-order chi connectivity index (χ1) is 12.3. The van der Waals surface area contributed by atoms with Crippen LogP contribution in [0.25, 0.3) is 0 Å². The Kier molecular flexibility index (Phi) is 6.27. The van der Waals surface area contributed by atoms with Gasteiger partial charge < -0.3 is 5.32 Å². The van der Waals surface area contributed by atoms with E-state index in [1.807, 2.05) is 31.2 Å². The molecule has 7 nitrogen and oxygen atoms in total. The van der Waals surface area contributed by atoms with E-state index in [0.717, 1.165) is 34.9 Å². The molecule has 26 heavy (non-hydrogen) atoms. The van der Waals surface area contributed by atoms with Crippen LogP contribution in [0.3, 0.4) is 0 Å². The summed E-state index contributed by atoms with van der Waals surface area (Å²) in [7, 11) is 0. The lowest BCUT2D eigenvalue weighted by Gasteiger charge is -2.16. The Hall–Kier alpha value is -2.96. The monoisotopic (exact) mass is 357 g/mol. The Labute approximate surface area is 151 Å². The first-order valence-corrected chi connectivity index (χ1v) is 8.49. The fourth-order valence-electron chi connectivity index (χ4n) is 2.69. The summed E-state index contributed by atoms with van der Waals surface area (Å²) in [5, 5.41) is 13.6. The maximum Gasteiger partial charge on any atom is 0.285 e. The number of nitrogens with one attached hydrogen (secondary N) is 1. The highest BCUT2D eigenvalue weighted by Crippen LogP contribution is 2.15. The summed E-state index contributed by atoms with van der Waals surface area (Å²) >= 11 is 0. The van der Waals surface area contributed by atoms with E-state index in [1.165, 1.54) is 5.56 Å². The van der Waals surface area contributed by atoms with Crippen molar-refractivity contribution in [2.24, 2.45) is 5.92 Å². The number of amides is 1. The number of benzene rings is 1. The largest absolute Gasteiger partial charge is 0.348 e. The third-order valence-electron chi connectivity index (χ3n) is 3.99. The van der Waals surface area contributed by atoms with Crippen molar-refractivity contribution < 1.29 is 9.72 Å². The second-order valence-electron chi connectivity index (χ2n) is 6.74. The summed E-state index contributed by atoms with van der Waals surface area (Å²) in [5.41, 5.74) is 1.50. The molecule has 2 rings (SSSR count). The molecule has 1 aromatic carbocycles. The molecule has 1 aromatic heterocycles. The van der Waals surface area contributed by atoms with Crippen molar-refractivity contribution in [3.63, 3.8) is 0 Å². The zero-order valence-corrected chi connectivity index (χ0v) is 15.1. The van der Waals surface area contributed by atoms with Crippen LogP contribution in [-0.4, -0.2) is 15.4 Å². The number of nitro groups is 1. The molecule has 1 N–H and O–H groups in total. The molecule has 0 saturated heterocycles. The van der Waals surface area contributed by atoms with E-state index in [2.05, 4.69) is 19.2 Å². The highest BCUT2D eigenvalue weighted by Gasteiger charge is 2.13. The van der Waals surface area contributed by atoms with Crippen LogP contribution in [0.5, 0.6) is 0 Å². The average Bonchev–Trinajstić information content (AvgIpc) is 2.56. The van der Waals surface area contributed by atoms with E-state index < -0.39 is 10.5 Å². The van der Waals surface area contributed by atoms with Gasteiger partial charge in [0.2, 0.25) is 5.91 Å². The lowest BCUT2D eigenvalue weighted by atomic mass is 10.00. The van der Waals surface area contributed by atoms with Crippen LogP contribution in [0.15, 0.2) is 47.4 Å². The van der Waals surface area contributed by atoms with Crippen molar-refractivity contribution >= 4 is 11.6 Å². The number of hydrogen-bond acceptors (Lipinski definition) is 4. The van der Waals surface area contributed by atoms with Crippen LogP contribution in [-0.2, 0) is 17.8 Å². The Morgan fingerprint density at radius 2 is 1.81 bits per heavy atom. The van der Waals surface area contributed by atoms with Gasteiger partial charge in [0.1, 0.15) is 6.54 Å². The number of nitrogens with zero attached hydrogens (tertiary/aromatic N) is 2. The molecule has 0 saturated carbocycles. The van der Waals surface area contributed by atoms with Crippen LogP contribution in [0, 0.1) is 16.0 Å². The second kappa shape index (κ2) is 8.42. The van der Waals surface area contributed by atoms with E-state index in [1.54, 1.807) is 0 Å². The van der Waals surface area contributed by atoms with Crippen molar-refractivity contribution in [3.8, 4) is 0 Å². The predicted molar refractivity (Wildman–Crippen MR) is 98.9 cm³/mol. The van der Waals surface area contributed by atoms with Crippen LogP contribution in [0.4, 0.5) is 5.69 Å². The molecule has 0 aliphatic heterocycles. The van der Waals surface area contributed by atoms with Gasteiger partial charge in [-0.15, -0.1) is 0 Å². The molecule has 0 spiro atoms. The third-order valence-corrected chi connectivity index (χ3v) is 3.99. The fourth-order valence-corrected chi connectivity index (χ4v) is 2.69. The van der Waals surface area contributed by atoms with Crippen molar-refractivity contribution in [3.05, 3.63) is 74.2 Å². The zero-order chi connectivity index (χ0) is 19.3. The molecule has 0 bridgehead atoms. The van der Waals surface area contributed by atoms with Gasteiger partial charge in [-0.25, -0.2) is 0 Å². The molecule has 0 aliphatic carbocycles. The number of carbonyl (C=O) groups is 1. The summed E-state index contributed by atoms with van der Waals surface area (Å²) in [6, 6.07) is 10.0. The maximum atomic E-state index is 12.2. The summed E-state index contributed by atoms with van der Waals surface area (Å²) in [4.78, 5) is 34.2. The number of carbonyl (C=O) groups excluding carboxylic acids is 1. The van der Waals surface area contributed by atoms with E-state index in [0.29, 0.717) is 5.92 Å². The zero-order valence-electron chi connectivity index (χ0n) is 15.1. The Morgan fingerprint density at radius 1 is 1.15 bits per heavy atom. The number of rotatable bonds is 7. The van der Waals surface area contributed by atoms with Gasteiger partial charge in [-0.3, -0.25) is 24.3 Å². The van der Waals surface area contributed by atoms with Crippen LogP contribution >= 0.6 is 0 Å². The molecule has 1 amide bonds. The maximum absolute atomic E-state index is 12.2. The average molecular weight is 357 g/mol. The topological polar surface area (TPSA) is 94.2 Å². The van der Waals surface area contributed by atoms with E-state index >= 15 is 0 Å². The minimum absolute atomic E-state index is 0.230. The van der Waals surface area contributed by atoms with Gasteiger partial charge in [0.15, 0.2) is 0 Å². The Bertz CT molecular complexity index is 841. The Balaban J connectivity index is 2.02. The highest BCUT2D eigenvalue weighted by atomic mass is 16.6. The van der Waals surface area contributed by atoms with Crippen LogP contribution < -0.4 is 10.9 Å². The molecule has 1 heterocycles. The van der Waals surface area contributed by atoms with Gasteiger partial charge in [0.05, 0.1) is 17.2 Å². The number of aromatic nitrogens is 1. The third kappa shape index (κ3) is 5.27. The van der Waals surface area contributed by atoms with E-state index in [9.17, 15) is 19.7 Å². The second-order valence-corrected chi connectivity index (χ2v) is 6.74. The molecule has 0 unspecified atom stereocenters. The fraction of sp³-hybridized carbons (Fsp3) is 0.368. The number of pyridine rings is 1. The molecule has 2 aromatic rings. The van der Waals surface area contributed by atoms with Gasteiger partial charge in [0, 0.05) is 12.1 Å². The molecule has 0 fully saturated rings. The molecule has 0 radical (unpaired) electrons. The quantitative estimate of drug-likeness (QED) is 0.609. The van der Waals surface area contributed by atoms with Gasteiger partial charge in [-0.2, -0.15) is 0 Å². The van der Waals surface area contributed by atoms with E-state index in [-0.39, 0.29) is 24.2 Å². The van der Waals surface area contributed by atoms with Crippen LogP contribution in [0.2, 0.25) is 0 Å². The predicted octanol–water partition coefficient (Wildman–Crippen LogP) is 2.83. The minimum atomic E-state index is -0.602. The number of hydrogen-bond donors (Lipinski definition) is 1. The SMILES string of the molecule is CC(C)Cc1ccc([C@H](C)NC(=O)Cn2cc([N+](=O)[O-])ccc2=O)cc1. The Morgan fingerprint density at radius 3 is 2.38 bits per heavy atom. The standard InChI is InChI=1S/C19H23N3O4/c1-13(2)10-15-4-6-16(7-5-15)14(3)20-18(23)12-21-11-17(22(25)26)8-9-19(21)24/h4-9,11,13-14H,10,12H2,1-3H3,(H,20,23)/t14-/m0/s1. The summed E-state index contributed by atoms with van der Waals surface area (Å²) in [5.74, 6) is 0.192. The van der Waals surface area contributed by atoms with Gasteiger partial charge >= 0.3 is 0 Å². The first kappa shape index (κ1) is 19.4. The first-order valence-electron chi connectivity index (χ1n) is 8.49. The molecule has 0 aliphatic rings. The molecular formula is C19H23N3O4.